The molecule has 6 heteroatoms. The highest BCUT2D eigenvalue weighted by Gasteiger charge is 2.18. The van der Waals surface area contributed by atoms with Crippen molar-refractivity contribution >= 4 is 16.3 Å². The lowest BCUT2D eigenvalue weighted by molar-refractivity contribution is 0.701. The van der Waals surface area contributed by atoms with Crippen LogP contribution in [0.25, 0.3) is 10.8 Å². The lowest BCUT2D eigenvalue weighted by Crippen LogP contribution is -2.20. The first-order chi connectivity index (χ1) is 9.06. The molecule has 1 atom stereocenters. The zero-order valence-electron chi connectivity index (χ0n) is 11.3. The van der Waals surface area contributed by atoms with Crippen LogP contribution in [0.4, 0.5) is 0 Å². The second-order valence-corrected chi connectivity index (χ2v) is 5.83. The molecular formula is C13H17N5S. The summed E-state index contributed by atoms with van der Waals surface area (Å²) in [6, 6.07) is 2.15. The van der Waals surface area contributed by atoms with E-state index in [4.69, 9.17) is 10.7 Å². The van der Waals surface area contributed by atoms with Crippen LogP contribution < -0.4 is 5.73 Å². The van der Waals surface area contributed by atoms with Gasteiger partial charge in [-0.05, 0) is 26.8 Å². The van der Waals surface area contributed by atoms with Crippen molar-refractivity contribution in [3.63, 3.8) is 0 Å². The molecule has 0 bridgehead atoms. The normalized spacial score (nSPS) is 13.3. The predicted molar refractivity (Wildman–Crippen MR) is 77.0 cm³/mol. The van der Waals surface area contributed by atoms with Crippen molar-refractivity contribution in [2.24, 2.45) is 5.73 Å². The van der Waals surface area contributed by atoms with Gasteiger partial charge in [-0.1, -0.05) is 0 Å². The molecule has 0 aliphatic carbocycles. The van der Waals surface area contributed by atoms with E-state index in [1.54, 1.807) is 11.3 Å². The highest BCUT2D eigenvalue weighted by atomic mass is 32.1. The summed E-state index contributed by atoms with van der Waals surface area (Å²) >= 11 is 1.63. The smallest absolute Gasteiger partial charge is 0.195 e. The van der Waals surface area contributed by atoms with E-state index in [2.05, 4.69) is 15.6 Å². The molecule has 0 amide bonds. The lowest BCUT2D eigenvalue weighted by atomic mass is 10.2. The molecule has 0 aromatic carbocycles. The summed E-state index contributed by atoms with van der Waals surface area (Å²) in [6.45, 7) is 6.05. The Morgan fingerprint density at radius 3 is 2.84 bits per heavy atom. The van der Waals surface area contributed by atoms with E-state index in [-0.39, 0.29) is 6.04 Å². The maximum Gasteiger partial charge on any atom is 0.195 e. The standard InChI is InChI=1S/C13H17N5S/c1-8(14)6-11-12(15-13-17(11)4-5-19-13)18-10(3)7-9(2)16-18/h4-5,7-8H,6,14H2,1-3H3. The van der Waals surface area contributed by atoms with Crippen LogP contribution in [0, 0.1) is 13.8 Å². The summed E-state index contributed by atoms with van der Waals surface area (Å²) in [4.78, 5) is 5.68. The van der Waals surface area contributed by atoms with Gasteiger partial charge >= 0.3 is 0 Å². The molecule has 2 N–H and O–H groups in total. The van der Waals surface area contributed by atoms with E-state index in [9.17, 15) is 0 Å². The van der Waals surface area contributed by atoms with Gasteiger partial charge in [0.05, 0.1) is 11.4 Å². The van der Waals surface area contributed by atoms with Crippen molar-refractivity contribution in [1.82, 2.24) is 19.2 Å². The second kappa shape index (κ2) is 4.47. The van der Waals surface area contributed by atoms with E-state index in [1.807, 2.05) is 37.0 Å². The molecule has 1 unspecified atom stereocenters. The Balaban J connectivity index is 2.22. The maximum atomic E-state index is 5.97. The van der Waals surface area contributed by atoms with Gasteiger partial charge in [0.2, 0.25) is 0 Å². The van der Waals surface area contributed by atoms with Gasteiger partial charge in [-0.2, -0.15) is 10.1 Å². The molecule has 3 aromatic rings. The molecule has 0 aliphatic heterocycles. The first-order valence-electron chi connectivity index (χ1n) is 6.30. The Morgan fingerprint density at radius 1 is 1.42 bits per heavy atom. The Kier molecular flexibility index (Phi) is 2.91. The zero-order valence-corrected chi connectivity index (χ0v) is 12.1. The Morgan fingerprint density at radius 2 is 2.21 bits per heavy atom. The Bertz CT molecular complexity index is 719. The maximum absolute atomic E-state index is 5.97. The molecular weight excluding hydrogens is 258 g/mol. The first-order valence-corrected chi connectivity index (χ1v) is 7.18. The fraction of sp³-hybridized carbons (Fsp3) is 0.385. The van der Waals surface area contributed by atoms with Crippen LogP contribution in [0.15, 0.2) is 17.6 Å². The van der Waals surface area contributed by atoms with E-state index < -0.39 is 0 Å². The van der Waals surface area contributed by atoms with Gasteiger partial charge in [-0.3, -0.25) is 4.40 Å². The van der Waals surface area contributed by atoms with Crippen molar-refractivity contribution in [1.29, 1.82) is 0 Å². The van der Waals surface area contributed by atoms with Gasteiger partial charge in [0.1, 0.15) is 0 Å². The van der Waals surface area contributed by atoms with Crippen LogP contribution in [-0.2, 0) is 6.42 Å². The first kappa shape index (κ1) is 12.4. The summed E-state index contributed by atoms with van der Waals surface area (Å²) in [7, 11) is 0. The largest absolute Gasteiger partial charge is 0.328 e. The topological polar surface area (TPSA) is 61.1 Å². The molecule has 3 rings (SSSR count). The van der Waals surface area contributed by atoms with Gasteiger partial charge in [0.25, 0.3) is 0 Å². The lowest BCUT2D eigenvalue weighted by Gasteiger charge is -2.08. The van der Waals surface area contributed by atoms with Crippen molar-refractivity contribution < 1.29 is 0 Å². The van der Waals surface area contributed by atoms with Crippen LogP contribution in [0.1, 0.15) is 24.0 Å². The second-order valence-electron chi connectivity index (χ2n) is 4.96. The van der Waals surface area contributed by atoms with Crippen LogP contribution in [-0.4, -0.2) is 25.2 Å². The molecule has 0 radical (unpaired) electrons. The molecule has 0 fully saturated rings. The van der Waals surface area contributed by atoms with Gasteiger partial charge in [0, 0.05) is 29.7 Å². The monoisotopic (exact) mass is 275 g/mol. The van der Waals surface area contributed by atoms with Crippen molar-refractivity contribution in [2.45, 2.75) is 33.2 Å². The van der Waals surface area contributed by atoms with Crippen molar-refractivity contribution in [2.75, 3.05) is 0 Å². The van der Waals surface area contributed by atoms with Crippen LogP contribution in [0.5, 0.6) is 0 Å². The third kappa shape index (κ3) is 2.06. The van der Waals surface area contributed by atoms with Crippen LogP contribution >= 0.6 is 11.3 Å². The number of thiazole rings is 1. The molecule has 0 spiro atoms. The molecule has 0 saturated heterocycles. The number of hydrogen-bond acceptors (Lipinski definition) is 4. The minimum absolute atomic E-state index is 0.0931. The van der Waals surface area contributed by atoms with Gasteiger partial charge in [-0.15, -0.1) is 11.3 Å². The third-order valence-corrected chi connectivity index (χ3v) is 3.82. The quantitative estimate of drug-likeness (QED) is 0.796. The molecule has 0 saturated carbocycles. The average molecular weight is 275 g/mol. The third-order valence-electron chi connectivity index (χ3n) is 3.07. The summed E-state index contributed by atoms with van der Waals surface area (Å²) in [5, 5.41) is 6.57. The minimum Gasteiger partial charge on any atom is -0.328 e. The number of imidazole rings is 1. The fourth-order valence-corrected chi connectivity index (χ4v) is 3.06. The molecule has 0 aliphatic rings. The van der Waals surface area contributed by atoms with Crippen LogP contribution in [0.3, 0.4) is 0 Å². The van der Waals surface area contributed by atoms with E-state index in [0.717, 1.165) is 34.3 Å². The van der Waals surface area contributed by atoms with E-state index in [1.165, 1.54) is 0 Å². The Labute approximate surface area is 115 Å². The minimum atomic E-state index is 0.0931. The van der Waals surface area contributed by atoms with Gasteiger partial charge in [-0.25, -0.2) is 4.68 Å². The number of aryl methyl sites for hydroxylation is 2. The van der Waals surface area contributed by atoms with E-state index >= 15 is 0 Å². The highest BCUT2D eigenvalue weighted by Crippen LogP contribution is 2.22. The molecule has 3 heterocycles. The molecule has 100 valence electrons. The van der Waals surface area contributed by atoms with Gasteiger partial charge in [0.15, 0.2) is 10.8 Å². The molecule has 5 nitrogen and oxygen atoms in total. The number of fused-ring (bicyclic) bond motifs is 1. The number of hydrogen-bond donors (Lipinski definition) is 1. The fourth-order valence-electron chi connectivity index (χ4n) is 2.33. The summed E-state index contributed by atoms with van der Waals surface area (Å²) in [6.07, 6.45) is 2.82. The summed E-state index contributed by atoms with van der Waals surface area (Å²) < 4.78 is 4.02. The summed E-state index contributed by atoms with van der Waals surface area (Å²) in [5.74, 6) is 0.898. The average Bonchev–Trinajstić information content (AvgIpc) is 2.95. The van der Waals surface area contributed by atoms with E-state index in [0.29, 0.717) is 0 Å². The SMILES string of the molecule is Cc1cc(C)n(-c2nc3sccn3c2CC(C)N)n1. The molecule has 3 aromatic heterocycles. The van der Waals surface area contributed by atoms with Gasteiger partial charge < -0.3 is 5.73 Å². The number of rotatable bonds is 3. The Hall–Kier alpha value is -1.66. The molecule has 19 heavy (non-hydrogen) atoms. The number of nitrogens with two attached hydrogens (primary N) is 1. The van der Waals surface area contributed by atoms with Crippen LogP contribution in [0.2, 0.25) is 0 Å². The predicted octanol–water partition coefficient (Wildman–Crippen LogP) is 2.09. The highest BCUT2D eigenvalue weighted by molar-refractivity contribution is 7.15. The van der Waals surface area contributed by atoms with Crippen molar-refractivity contribution in [3.05, 3.63) is 34.7 Å². The zero-order chi connectivity index (χ0) is 13.6. The number of nitrogens with zero attached hydrogens (tertiary/aromatic N) is 4. The summed E-state index contributed by atoms with van der Waals surface area (Å²) in [5.41, 5.74) is 9.18. The number of aromatic nitrogens is 4. The van der Waals surface area contributed by atoms with Crippen molar-refractivity contribution in [3.8, 4) is 5.82 Å².